The van der Waals surface area contributed by atoms with Crippen LogP contribution in [-0.2, 0) is 4.79 Å². The first kappa shape index (κ1) is 13.2. The molecule has 1 N–H and O–H groups in total. The molecule has 0 aliphatic heterocycles. The van der Waals surface area contributed by atoms with E-state index in [0.29, 0.717) is 12.8 Å². The van der Waals surface area contributed by atoms with Crippen LogP contribution in [0.2, 0.25) is 0 Å². The third-order valence-electron chi connectivity index (χ3n) is 3.53. The topological polar surface area (TPSA) is 49.8 Å². The molecule has 1 aliphatic rings. The number of hydrogen-bond donors (Lipinski definition) is 1. The van der Waals surface area contributed by atoms with Gasteiger partial charge in [-0.15, -0.1) is 0 Å². The Morgan fingerprint density at radius 3 is 2.72 bits per heavy atom. The minimum absolute atomic E-state index is 0.199. The van der Waals surface area contributed by atoms with Gasteiger partial charge in [-0.2, -0.15) is 0 Å². The van der Waals surface area contributed by atoms with Crippen molar-refractivity contribution in [2.75, 3.05) is 19.1 Å². The van der Waals surface area contributed by atoms with E-state index in [1.54, 1.807) is 7.11 Å². The maximum atomic E-state index is 10.8. The monoisotopic (exact) mass is 313 g/mol. The number of aliphatic carboxylic acids is 1. The first-order chi connectivity index (χ1) is 8.52. The van der Waals surface area contributed by atoms with Gasteiger partial charge in [0.15, 0.2) is 0 Å². The molecular formula is C13H16BrNO3. The van der Waals surface area contributed by atoms with Gasteiger partial charge in [0.1, 0.15) is 5.75 Å². The second-order valence-electron chi connectivity index (χ2n) is 4.59. The Hall–Kier alpha value is -1.23. The van der Waals surface area contributed by atoms with Crippen LogP contribution in [0.4, 0.5) is 5.69 Å². The lowest BCUT2D eigenvalue weighted by Crippen LogP contribution is -2.45. The van der Waals surface area contributed by atoms with Crippen LogP contribution >= 0.6 is 15.9 Å². The molecule has 1 aliphatic carbocycles. The lowest BCUT2D eigenvalue weighted by atomic mass is 9.79. The van der Waals surface area contributed by atoms with Crippen LogP contribution in [0.3, 0.4) is 0 Å². The van der Waals surface area contributed by atoms with Gasteiger partial charge in [-0.05, 0) is 31.0 Å². The normalized spacial score (nSPS) is 22.2. The molecule has 0 spiro atoms. The van der Waals surface area contributed by atoms with Crippen molar-refractivity contribution in [2.24, 2.45) is 5.92 Å². The van der Waals surface area contributed by atoms with Crippen LogP contribution in [0, 0.1) is 5.92 Å². The molecule has 0 amide bonds. The Bertz CT molecular complexity index is 458. The van der Waals surface area contributed by atoms with Crippen molar-refractivity contribution in [1.29, 1.82) is 0 Å². The summed E-state index contributed by atoms with van der Waals surface area (Å²) in [5.74, 6) is -0.0871. The highest BCUT2D eigenvalue weighted by Crippen LogP contribution is 2.38. The van der Waals surface area contributed by atoms with E-state index in [9.17, 15) is 4.79 Å². The number of halogens is 1. The Labute approximate surface area is 115 Å². The van der Waals surface area contributed by atoms with E-state index in [-0.39, 0.29) is 12.0 Å². The van der Waals surface area contributed by atoms with E-state index in [0.717, 1.165) is 15.9 Å². The zero-order chi connectivity index (χ0) is 13.3. The van der Waals surface area contributed by atoms with Gasteiger partial charge in [0.25, 0.3) is 0 Å². The summed E-state index contributed by atoms with van der Waals surface area (Å²) in [6, 6.07) is 6.10. The highest BCUT2D eigenvalue weighted by Gasteiger charge is 2.37. The minimum atomic E-state index is -0.694. The van der Waals surface area contributed by atoms with Gasteiger partial charge in [0.05, 0.1) is 18.7 Å². The molecule has 1 aromatic carbocycles. The Morgan fingerprint density at radius 1 is 1.50 bits per heavy atom. The molecule has 0 aromatic heterocycles. The molecule has 0 saturated heterocycles. The molecule has 1 aromatic rings. The van der Waals surface area contributed by atoms with Gasteiger partial charge in [0.2, 0.25) is 0 Å². The average molecular weight is 314 g/mol. The molecule has 0 unspecified atom stereocenters. The van der Waals surface area contributed by atoms with Crippen LogP contribution in [0.1, 0.15) is 12.8 Å². The van der Waals surface area contributed by atoms with Crippen LogP contribution in [0.15, 0.2) is 22.7 Å². The fourth-order valence-electron chi connectivity index (χ4n) is 2.24. The summed E-state index contributed by atoms with van der Waals surface area (Å²) in [5, 5.41) is 8.90. The van der Waals surface area contributed by atoms with E-state index >= 15 is 0 Å². The van der Waals surface area contributed by atoms with Gasteiger partial charge in [-0.25, -0.2) is 0 Å². The Balaban J connectivity index is 2.12. The van der Waals surface area contributed by atoms with Gasteiger partial charge in [-0.3, -0.25) is 4.79 Å². The number of carboxylic acid groups (broad SMARTS) is 1. The number of carbonyl (C=O) groups is 1. The first-order valence-electron chi connectivity index (χ1n) is 5.82. The Morgan fingerprint density at radius 2 is 2.17 bits per heavy atom. The van der Waals surface area contributed by atoms with Crippen molar-refractivity contribution < 1.29 is 14.6 Å². The summed E-state index contributed by atoms with van der Waals surface area (Å²) in [4.78, 5) is 12.9. The van der Waals surface area contributed by atoms with E-state index in [4.69, 9.17) is 9.84 Å². The minimum Gasteiger partial charge on any atom is -0.495 e. The number of hydrogen-bond acceptors (Lipinski definition) is 3. The Kier molecular flexibility index (Phi) is 3.80. The third kappa shape index (κ3) is 2.46. The zero-order valence-electron chi connectivity index (χ0n) is 10.4. The van der Waals surface area contributed by atoms with Crippen molar-refractivity contribution in [2.45, 2.75) is 18.9 Å². The molecule has 1 saturated carbocycles. The SMILES string of the molecule is COc1ccc(Br)cc1N(C)C1CC(C(=O)O)C1. The molecule has 0 bridgehead atoms. The molecule has 0 atom stereocenters. The predicted molar refractivity (Wildman–Crippen MR) is 73.2 cm³/mol. The van der Waals surface area contributed by atoms with Gasteiger partial charge < -0.3 is 14.7 Å². The van der Waals surface area contributed by atoms with Crippen molar-refractivity contribution in [3.05, 3.63) is 22.7 Å². The maximum Gasteiger partial charge on any atom is 0.306 e. The molecule has 5 heteroatoms. The number of methoxy groups -OCH3 is 1. The molecule has 4 nitrogen and oxygen atoms in total. The number of rotatable bonds is 4. The smallest absolute Gasteiger partial charge is 0.306 e. The summed E-state index contributed by atoms with van der Waals surface area (Å²) >= 11 is 3.44. The highest BCUT2D eigenvalue weighted by molar-refractivity contribution is 9.10. The van der Waals surface area contributed by atoms with E-state index < -0.39 is 5.97 Å². The number of anilines is 1. The molecule has 2 rings (SSSR count). The second-order valence-corrected chi connectivity index (χ2v) is 5.50. The fraction of sp³-hybridized carbons (Fsp3) is 0.462. The van der Waals surface area contributed by atoms with Gasteiger partial charge in [-0.1, -0.05) is 15.9 Å². The molecule has 0 heterocycles. The molecule has 98 valence electrons. The lowest BCUT2D eigenvalue weighted by molar-refractivity contribution is -0.145. The quantitative estimate of drug-likeness (QED) is 0.928. The summed E-state index contributed by atoms with van der Waals surface area (Å²) in [5.41, 5.74) is 0.987. The lowest BCUT2D eigenvalue weighted by Gasteiger charge is -2.40. The molecule has 0 radical (unpaired) electrons. The zero-order valence-corrected chi connectivity index (χ0v) is 12.0. The number of nitrogens with zero attached hydrogens (tertiary/aromatic N) is 1. The first-order valence-corrected chi connectivity index (χ1v) is 6.61. The van der Waals surface area contributed by atoms with Crippen molar-refractivity contribution in [3.63, 3.8) is 0 Å². The number of carboxylic acids is 1. The van der Waals surface area contributed by atoms with Gasteiger partial charge >= 0.3 is 5.97 Å². The molecule has 1 fully saturated rings. The highest BCUT2D eigenvalue weighted by atomic mass is 79.9. The summed E-state index contributed by atoms with van der Waals surface area (Å²) < 4.78 is 6.32. The van der Waals surface area contributed by atoms with Crippen molar-refractivity contribution in [3.8, 4) is 5.75 Å². The molecule has 18 heavy (non-hydrogen) atoms. The largest absolute Gasteiger partial charge is 0.495 e. The second kappa shape index (κ2) is 5.18. The van der Waals surface area contributed by atoms with E-state index in [1.807, 2.05) is 25.2 Å². The summed E-state index contributed by atoms with van der Waals surface area (Å²) in [6.45, 7) is 0. The van der Waals surface area contributed by atoms with E-state index in [1.165, 1.54) is 0 Å². The van der Waals surface area contributed by atoms with Crippen molar-refractivity contribution in [1.82, 2.24) is 0 Å². The number of benzene rings is 1. The maximum absolute atomic E-state index is 10.8. The fourth-order valence-corrected chi connectivity index (χ4v) is 2.59. The van der Waals surface area contributed by atoms with Crippen LogP contribution in [0.25, 0.3) is 0 Å². The standard InChI is InChI=1S/C13H16BrNO3/c1-15(10-5-8(6-10)13(16)17)11-7-9(14)3-4-12(11)18-2/h3-4,7-8,10H,5-6H2,1-2H3,(H,16,17). The number of ether oxygens (including phenoxy) is 1. The molecular weight excluding hydrogens is 298 g/mol. The van der Waals surface area contributed by atoms with Crippen molar-refractivity contribution >= 4 is 27.6 Å². The van der Waals surface area contributed by atoms with E-state index in [2.05, 4.69) is 20.8 Å². The summed E-state index contributed by atoms with van der Waals surface area (Å²) in [6.07, 6.45) is 1.39. The average Bonchev–Trinajstić information content (AvgIpc) is 2.26. The van der Waals surface area contributed by atoms with Gasteiger partial charge in [0, 0.05) is 17.6 Å². The summed E-state index contributed by atoms with van der Waals surface area (Å²) in [7, 11) is 3.62. The van der Waals surface area contributed by atoms with Crippen LogP contribution < -0.4 is 9.64 Å². The van der Waals surface area contributed by atoms with Crippen LogP contribution in [0.5, 0.6) is 5.75 Å². The third-order valence-corrected chi connectivity index (χ3v) is 4.02. The predicted octanol–water partition coefficient (Wildman–Crippen LogP) is 2.76. The van der Waals surface area contributed by atoms with Crippen LogP contribution in [-0.4, -0.2) is 31.3 Å².